The van der Waals surface area contributed by atoms with Gasteiger partial charge in [0.25, 0.3) is 6.71 Å². The van der Waals surface area contributed by atoms with Crippen molar-refractivity contribution in [1.29, 1.82) is 0 Å². The van der Waals surface area contributed by atoms with Crippen molar-refractivity contribution in [3.05, 3.63) is 295 Å². The molecule has 422 valence electrons. The molecule has 0 unspecified atom stereocenters. The number of nitrogens with zero attached hydrogens (tertiary/aromatic N) is 2. The summed E-state index contributed by atoms with van der Waals surface area (Å²) in [6.45, 7) is 18.5. The summed E-state index contributed by atoms with van der Waals surface area (Å²) in [7, 11) is 0. The maximum atomic E-state index is 2.69. The van der Waals surface area contributed by atoms with Gasteiger partial charge in [-0.1, -0.05) is 304 Å². The van der Waals surface area contributed by atoms with Crippen molar-refractivity contribution in [3.8, 4) is 77.9 Å². The third-order valence-electron chi connectivity index (χ3n) is 18.4. The van der Waals surface area contributed by atoms with Gasteiger partial charge in [0.2, 0.25) is 0 Å². The number of hydrogen-bond donors (Lipinski definition) is 0. The molecular weight excluding hydrogens is 1050 g/mol. The number of hydrogen-bond acceptors (Lipinski definition) is 2. The second-order valence-electron chi connectivity index (χ2n) is 25.1. The van der Waals surface area contributed by atoms with Gasteiger partial charge in [-0.15, -0.1) is 0 Å². The van der Waals surface area contributed by atoms with Crippen LogP contribution in [-0.2, 0) is 0 Å². The lowest BCUT2D eigenvalue weighted by Crippen LogP contribution is -2.61. The summed E-state index contributed by atoms with van der Waals surface area (Å²) in [6, 6.07) is 104. The van der Waals surface area contributed by atoms with Gasteiger partial charge in [-0.2, -0.15) is 0 Å². The van der Waals surface area contributed by atoms with E-state index in [0.29, 0.717) is 23.7 Å². The summed E-state index contributed by atoms with van der Waals surface area (Å²) in [5, 5.41) is 0. The summed E-state index contributed by atoms with van der Waals surface area (Å²) in [5.41, 5.74) is 32.8. The Bertz CT molecular complexity index is 4120. The van der Waals surface area contributed by atoms with E-state index in [1.807, 2.05) is 0 Å². The first-order chi connectivity index (χ1) is 42.5. The standard InChI is InChI=1S/C84H73BN2/c1-54(2)63-40-44-68(74(48-63)56(5)6)65-42-46-76-78(50-65)86(83-70(59-28-16-10-17-29-59)36-24-37-71(83)60-30-18-11-19-31-60)80-52-67(58-26-14-9-15-27-58)53-81-82(80)85(76)77-47-43-66(69-45-41-64(55(3)4)49-75(69)57(7)8)51-79(77)87(81)84-72(61-32-20-12-21-33-61)38-25-39-73(84)62-34-22-13-23-35-62/h9-57H,1-8H3. The Morgan fingerprint density at radius 1 is 0.241 bits per heavy atom. The molecular formula is C84H73BN2. The fourth-order valence-corrected chi connectivity index (χ4v) is 13.9. The van der Waals surface area contributed by atoms with E-state index in [1.165, 1.54) is 72.3 Å². The summed E-state index contributed by atoms with van der Waals surface area (Å²) < 4.78 is 0. The maximum absolute atomic E-state index is 2.69. The summed E-state index contributed by atoms with van der Waals surface area (Å²) in [6.07, 6.45) is 0. The van der Waals surface area contributed by atoms with Gasteiger partial charge >= 0.3 is 0 Å². The van der Waals surface area contributed by atoms with Crippen molar-refractivity contribution in [1.82, 2.24) is 0 Å². The highest BCUT2D eigenvalue weighted by molar-refractivity contribution is 7.00. The average Bonchev–Trinajstić information content (AvgIpc) is 1.80. The zero-order chi connectivity index (χ0) is 59.4. The molecule has 0 spiro atoms. The molecule has 0 amide bonds. The molecule has 12 aromatic carbocycles. The van der Waals surface area contributed by atoms with E-state index >= 15 is 0 Å². The van der Waals surface area contributed by atoms with Gasteiger partial charge in [0.05, 0.1) is 11.4 Å². The van der Waals surface area contributed by atoms with Crippen LogP contribution in [0.5, 0.6) is 0 Å². The lowest BCUT2D eigenvalue weighted by Gasteiger charge is -2.46. The van der Waals surface area contributed by atoms with Crippen LogP contribution in [0.2, 0.25) is 0 Å². The predicted molar refractivity (Wildman–Crippen MR) is 375 cm³/mol. The van der Waals surface area contributed by atoms with Crippen LogP contribution in [0.3, 0.4) is 0 Å². The molecule has 0 saturated carbocycles. The third-order valence-corrected chi connectivity index (χ3v) is 18.4. The first-order valence-corrected chi connectivity index (χ1v) is 31.4. The summed E-state index contributed by atoms with van der Waals surface area (Å²) in [4.78, 5) is 5.37. The third kappa shape index (κ3) is 9.90. The molecule has 0 saturated heterocycles. The molecule has 0 N–H and O–H groups in total. The van der Waals surface area contributed by atoms with E-state index in [1.54, 1.807) is 0 Å². The molecule has 0 bridgehead atoms. The van der Waals surface area contributed by atoms with Crippen LogP contribution >= 0.6 is 0 Å². The molecule has 0 atom stereocenters. The van der Waals surface area contributed by atoms with Gasteiger partial charge in [-0.25, -0.2) is 0 Å². The van der Waals surface area contributed by atoms with Crippen LogP contribution in [0.1, 0.15) is 101 Å². The number of para-hydroxylation sites is 2. The lowest BCUT2D eigenvalue weighted by molar-refractivity contribution is 0.835. The Morgan fingerprint density at radius 3 is 0.885 bits per heavy atom. The quantitative estimate of drug-likeness (QED) is 0.106. The van der Waals surface area contributed by atoms with Crippen LogP contribution in [0, 0.1) is 0 Å². The van der Waals surface area contributed by atoms with Gasteiger partial charge in [0.1, 0.15) is 0 Å². The molecule has 2 aliphatic rings. The van der Waals surface area contributed by atoms with E-state index in [4.69, 9.17) is 0 Å². The molecule has 3 heteroatoms. The number of benzene rings is 12. The van der Waals surface area contributed by atoms with E-state index in [9.17, 15) is 0 Å². The minimum Gasteiger partial charge on any atom is -0.310 e. The minimum absolute atomic E-state index is 0.158. The van der Waals surface area contributed by atoms with E-state index in [-0.39, 0.29) is 6.71 Å². The van der Waals surface area contributed by atoms with Crippen molar-refractivity contribution < 1.29 is 0 Å². The first kappa shape index (κ1) is 55.2. The maximum Gasteiger partial charge on any atom is 0.252 e. The zero-order valence-electron chi connectivity index (χ0n) is 51.3. The fourth-order valence-electron chi connectivity index (χ4n) is 13.9. The largest absolute Gasteiger partial charge is 0.310 e. The molecule has 0 radical (unpaired) electrons. The number of fused-ring (bicyclic) bond motifs is 4. The Hall–Kier alpha value is -9.70. The molecule has 2 heterocycles. The molecule has 0 aliphatic carbocycles. The second kappa shape index (κ2) is 23.0. The molecule has 14 rings (SSSR count). The molecule has 0 fully saturated rings. The Labute approximate surface area is 516 Å². The minimum atomic E-state index is -0.158. The van der Waals surface area contributed by atoms with Gasteiger partial charge in [0, 0.05) is 45.0 Å². The Balaban J connectivity index is 1.17. The van der Waals surface area contributed by atoms with Crippen LogP contribution < -0.4 is 26.2 Å². The zero-order valence-corrected chi connectivity index (χ0v) is 51.3. The lowest BCUT2D eigenvalue weighted by atomic mass is 9.33. The van der Waals surface area contributed by atoms with Gasteiger partial charge < -0.3 is 9.80 Å². The van der Waals surface area contributed by atoms with Gasteiger partial charge in [-0.05, 0) is 142 Å². The monoisotopic (exact) mass is 1120 g/mol. The highest BCUT2D eigenvalue weighted by Crippen LogP contribution is 2.54. The van der Waals surface area contributed by atoms with E-state index in [2.05, 4.69) is 338 Å². The fraction of sp³-hybridized carbons (Fsp3) is 0.143. The summed E-state index contributed by atoms with van der Waals surface area (Å²) >= 11 is 0. The van der Waals surface area contributed by atoms with E-state index < -0.39 is 0 Å². The van der Waals surface area contributed by atoms with Crippen molar-refractivity contribution in [2.24, 2.45) is 0 Å². The molecule has 87 heavy (non-hydrogen) atoms. The van der Waals surface area contributed by atoms with Crippen LogP contribution in [0.25, 0.3) is 77.9 Å². The smallest absolute Gasteiger partial charge is 0.252 e. The van der Waals surface area contributed by atoms with Gasteiger partial charge in [0.15, 0.2) is 0 Å². The second-order valence-corrected chi connectivity index (χ2v) is 25.1. The molecule has 2 nitrogen and oxygen atoms in total. The summed E-state index contributed by atoms with van der Waals surface area (Å²) in [5.74, 6) is 1.46. The highest BCUT2D eigenvalue weighted by atomic mass is 15.2. The van der Waals surface area contributed by atoms with Crippen molar-refractivity contribution >= 4 is 57.2 Å². The molecule has 2 aliphatic heterocycles. The van der Waals surface area contributed by atoms with Crippen LogP contribution in [0.15, 0.2) is 273 Å². The Kier molecular flexibility index (Phi) is 14.6. The average molecular weight is 1120 g/mol. The van der Waals surface area contributed by atoms with Crippen molar-refractivity contribution in [3.63, 3.8) is 0 Å². The van der Waals surface area contributed by atoms with Gasteiger partial charge in [-0.3, -0.25) is 0 Å². The van der Waals surface area contributed by atoms with Crippen LogP contribution in [0.4, 0.5) is 34.1 Å². The van der Waals surface area contributed by atoms with E-state index in [0.717, 1.165) is 78.4 Å². The molecule has 12 aromatic rings. The van der Waals surface area contributed by atoms with Crippen molar-refractivity contribution in [2.45, 2.75) is 79.1 Å². The SMILES string of the molecule is CC(C)c1ccc(-c2ccc3c(c2)N(c2c(-c4ccccc4)cccc2-c2ccccc2)c2cc(-c4ccccc4)cc4c2B3c2ccc(-c3ccc(C(C)C)cc3C(C)C)cc2N4c2c(-c3ccccc3)cccc2-c2ccccc2)c(C(C)C)c1. The van der Waals surface area contributed by atoms with Crippen LogP contribution in [-0.4, -0.2) is 6.71 Å². The number of rotatable bonds is 13. The molecule has 0 aromatic heterocycles. The number of anilines is 6. The highest BCUT2D eigenvalue weighted by Gasteiger charge is 2.46. The predicted octanol–water partition coefficient (Wildman–Crippen LogP) is 21.9. The normalized spacial score (nSPS) is 12.5. The Morgan fingerprint density at radius 2 is 0.563 bits per heavy atom. The topological polar surface area (TPSA) is 6.48 Å². The van der Waals surface area contributed by atoms with Crippen molar-refractivity contribution in [2.75, 3.05) is 9.80 Å². The first-order valence-electron chi connectivity index (χ1n) is 31.4.